The van der Waals surface area contributed by atoms with E-state index in [4.69, 9.17) is 0 Å². The molecule has 0 bridgehead atoms. The van der Waals surface area contributed by atoms with E-state index in [2.05, 4.69) is 0 Å². The smallest absolute Gasteiger partial charge is 0.338 e. The maximum absolute atomic E-state index is 11.2. The van der Waals surface area contributed by atoms with Gasteiger partial charge in [0.05, 0.1) is 16.2 Å². The number of anilines is 1. The minimum atomic E-state index is -1.16. The van der Waals surface area contributed by atoms with E-state index in [1.165, 1.54) is 12.1 Å². The Morgan fingerprint density at radius 1 is 1.30 bits per heavy atom. The molecule has 7 heteroatoms. The Bertz CT molecular complexity index is 502. The summed E-state index contributed by atoms with van der Waals surface area (Å²) in [5.41, 5.74) is 0.223. The van der Waals surface area contributed by atoms with E-state index in [9.17, 15) is 20.0 Å². The number of nitrogens with zero attached hydrogens (tertiary/aromatic N) is 3. The average Bonchev–Trinajstić information content (AvgIpc) is 2.37. The van der Waals surface area contributed by atoms with Crippen molar-refractivity contribution in [2.75, 3.05) is 39.1 Å². The zero-order valence-electron chi connectivity index (χ0n) is 11.9. The van der Waals surface area contributed by atoms with Gasteiger partial charge in [0.1, 0.15) is 0 Å². The minimum absolute atomic E-state index is 0.0495. The molecule has 1 aromatic rings. The number of carboxylic acids is 1. The first kappa shape index (κ1) is 15.9. The monoisotopic (exact) mass is 281 g/mol. The van der Waals surface area contributed by atoms with Crippen LogP contribution in [0, 0.1) is 10.1 Å². The van der Waals surface area contributed by atoms with Gasteiger partial charge in [-0.2, -0.15) is 0 Å². The van der Waals surface area contributed by atoms with E-state index in [0.717, 1.165) is 19.0 Å². The first-order chi connectivity index (χ1) is 9.32. The van der Waals surface area contributed by atoms with Crippen molar-refractivity contribution in [1.82, 2.24) is 4.90 Å². The number of hydrogen-bond donors (Lipinski definition) is 1. The van der Waals surface area contributed by atoms with E-state index in [-0.39, 0.29) is 11.3 Å². The van der Waals surface area contributed by atoms with E-state index in [0.29, 0.717) is 12.2 Å². The fourth-order valence-electron chi connectivity index (χ4n) is 1.89. The largest absolute Gasteiger partial charge is 0.478 e. The zero-order valence-corrected chi connectivity index (χ0v) is 11.9. The molecular weight excluding hydrogens is 262 g/mol. The molecular formula is C13H19N3O4. The predicted octanol–water partition coefficient (Wildman–Crippen LogP) is 1.68. The van der Waals surface area contributed by atoms with Gasteiger partial charge in [-0.3, -0.25) is 10.1 Å². The van der Waals surface area contributed by atoms with Gasteiger partial charge in [-0.15, -0.1) is 0 Å². The summed E-state index contributed by atoms with van der Waals surface area (Å²) >= 11 is 0. The van der Waals surface area contributed by atoms with Crippen LogP contribution in [0.4, 0.5) is 11.4 Å². The van der Waals surface area contributed by atoms with E-state index in [1.54, 1.807) is 11.9 Å². The summed E-state index contributed by atoms with van der Waals surface area (Å²) in [6, 6.07) is 3.90. The molecule has 0 saturated heterocycles. The number of aromatic carboxylic acids is 1. The zero-order chi connectivity index (χ0) is 15.3. The van der Waals surface area contributed by atoms with Crippen molar-refractivity contribution in [3.05, 3.63) is 33.9 Å². The van der Waals surface area contributed by atoms with E-state index < -0.39 is 10.9 Å². The average molecular weight is 281 g/mol. The van der Waals surface area contributed by atoms with Crippen molar-refractivity contribution < 1.29 is 14.8 Å². The lowest BCUT2D eigenvalue weighted by atomic mass is 10.1. The van der Waals surface area contributed by atoms with Crippen molar-refractivity contribution in [2.45, 2.75) is 6.42 Å². The SMILES string of the molecule is CN(C)CCCN(C)c1ccc([N+](=O)[O-])cc1C(=O)O. The molecule has 20 heavy (non-hydrogen) atoms. The molecule has 110 valence electrons. The molecule has 1 N–H and O–H groups in total. The molecule has 1 aromatic carbocycles. The Kier molecular flexibility index (Phi) is 5.45. The van der Waals surface area contributed by atoms with Crippen LogP contribution in [0.15, 0.2) is 18.2 Å². The summed E-state index contributed by atoms with van der Waals surface area (Å²) in [6.07, 6.45) is 0.875. The quantitative estimate of drug-likeness (QED) is 0.604. The number of benzene rings is 1. The summed E-state index contributed by atoms with van der Waals surface area (Å²) < 4.78 is 0. The van der Waals surface area contributed by atoms with Crippen LogP contribution in [0.3, 0.4) is 0 Å². The molecule has 0 atom stereocenters. The Hall–Kier alpha value is -2.15. The van der Waals surface area contributed by atoms with Crippen LogP contribution in [0.1, 0.15) is 16.8 Å². The third kappa shape index (κ3) is 4.20. The highest BCUT2D eigenvalue weighted by Gasteiger charge is 2.18. The van der Waals surface area contributed by atoms with Crippen LogP contribution < -0.4 is 4.90 Å². The molecule has 0 fully saturated rings. The number of nitro benzene ring substituents is 1. The number of carboxylic acid groups (broad SMARTS) is 1. The first-order valence-electron chi connectivity index (χ1n) is 6.20. The summed E-state index contributed by atoms with van der Waals surface area (Å²) in [6.45, 7) is 1.57. The Morgan fingerprint density at radius 2 is 1.95 bits per heavy atom. The van der Waals surface area contributed by atoms with Gasteiger partial charge >= 0.3 is 5.97 Å². The van der Waals surface area contributed by atoms with Crippen LogP contribution in [0.2, 0.25) is 0 Å². The van der Waals surface area contributed by atoms with Gasteiger partial charge in [-0.05, 0) is 33.1 Å². The van der Waals surface area contributed by atoms with Gasteiger partial charge in [0.25, 0.3) is 5.69 Å². The Balaban J connectivity index is 2.93. The molecule has 7 nitrogen and oxygen atoms in total. The lowest BCUT2D eigenvalue weighted by Gasteiger charge is -2.22. The summed E-state index contributed by atoms with van der Waals surface area (Å²) in [4.78, 5) is 25.2. The second-order valence-corrected chi connectivity index (χ2v) is 4.84. The standard InChI is InChI=1S/C13H19N3O4/c1-14(2)7-4-8-15(3)12-6-5-10(16(19)20)9-11(12)13(17)18/h5-6,9H,4,7-8H2,1-3H3,(H,17,18). The molecule has 0 amide bonds. The van der Waals surface area contributed by atoms with Crippen LogP contribution in [0.5, 0.6) is 0 Å². The molecule has 0 aliphatic carbocycles. The summed E-state index contributed by atoms with van der Waals surface area (Å²) in [7, 11) is 5.71. The minimum Gasteiger partial charge on any atom is -0.478 e. The molecule has 0 aromatic heterocycles. The van der Waals surface area contributed by atoms with Crippen LogP contribution in [-0.4, -0.2) is 55.1 Å². The van der Waals surface area contributed by atoms with Gasteiger partial charge in [-0.25, -0.2) is 4.79 Å². The third-order valence-corrected chi connectivity index (χ3v) is 2.93. The highest BCUT2D eigenvalue weighted by Crippen LogP contribution is 2.25. The number of rotatable bonds is 7. The fraction of sp³-hybridized carbons (Fsp3) is 0.462. The van der Waals surface area contributed by atoms with Gasteiger partial charge in [0, 0.05) is 25.7 Å². The summed E-state index contributed by atoms with van der Waals surface area (Å²) in [5, 5.41) is 19.9. The lowest BCUT2D eigenvalue weighted by Crippen LogP contribution is -2.24. The molecule has 0 radical (unpaired) electrons. The molecule has 1 rings (SSSR count). The molecule has 0 heterocycles. The van der Waals surface area contributed by atoms with Crippen LogP contribution in [-0.2, 0) is 0 Å². The van der Waals surface area contributed by atoms with Crippen molar-refractivity contribution in [3.8, 4) is 0 Å². The number of carbonyl (C=O) groups is 1. The number of non-ortho nitro benzene ring substituents is 1. The topological polar surface area (TPSA) is 86.9 Å². The van der Waals surface area contributed by atoms with Crippen LogP contribution >= 0.6 is 0 Å². The Labute approximate surface area is 117 Å². The van der Waals surface area contributed by atoms with E-state index in [1.807, 2.05) is 19.0 Å². The second-order valence-electron chi connectivity index (χ2n) is 4.84. The maximum atomic E-state index is 11.2. The van der Waals surface area contributed by atoms with Crippen molar-refractivity contribution in [3.63, 3.8) is 0 Å². The van der Waals surface area contributed by atoms with Gasteiger partial charge < -0.3 is 14.9 Å². The molecule has 0 aliphatic heterocycles. The van der Waals surface area contributed by atoms with Crippen molar-refractivity contribution in [1.29, 1.82) is 0 Å². The number of nitro groups is 1. The molecule has 0 unspecified atom stereocenters. The second kappa shape index (κ2) is 6.85. The van der Waals surface area contributed by atoms with Gasteiger partial charge in [0.2, 0.25) is 0 Å². The lowest BCUT2D eigenvalue weighted by molar-refractivity contribution is -0.384. The van der Waals surface area contributed by atoms with Crippen LogP contribution in [0.25, 0.3) is 0 Å². The predicted molar refractivity (Wildman–Crippen MR) is 76.5 cm³/mol. The first-order valence-corrected chi connectivity index (χ1v) is 6.20. The molecule has 0 aliphatic rings. The van der Waals surface area contributed by atoms with Gasteiger partial charge in [-0.1, -0.05) is 0 Å². The van der Waals surface area contributed by atoms with Crippen molar-refractivity contribution >= 4 is 17.3 Å². The van der Waals surface area contributed by atoms with Crippen molar-refractivity contribution in [2.24, 2.45) is 0 Å². The fourth-order valence-corrected chi connectivity index (χ4v) is 1.89. The number of hydrogen-bond acceptors (Lipinski definition) is 5. The highest BCUT2D eigenvalue weighted by molar-refractivity contribution is 5.95. The highest BCUT2D eigenvalue weighted by atomic mass is 16.6. The Morgan fingerprint density at radius 3 is 2.45 bits per heavy atom. The normalized spacial score (nSPS) is 10.6. The molecule has 0 spiro atoms. The van der Waals surface area contributed by atoms with E-state index >= 15 is 0 Å². The maximum Gasteiger partial charge on any atom is 0.338 e. The molecule has 0 saturated carbocycles. The van der Waals surface area contributed by atoms with Gasteiger partial charge in [0.15, 0.2) is 0 Å². The third-order valence-electron chi connectivity index (χ3n) is 2.93. The summed E-state index contributed by atoms with van der Waals surface area (Å²) in [5.74, 6) is -1.16.